The Morgan fingerprint density at radius 2 is 2.00 bits per heavy atom. The first-order valence-corrected chi connectivity index (χ1v) is 2.98. The van der Waals surface area contributed by atoms with E-state index in [4.69, 9.17) is 5.73 Å². The lowest BCUT2D eigenvalue weighted by molar-refractivity contribution is -0.150. The molecular formula is C6H5F4NO. The van der Waals surface area contributed by atoms with Crippen LogP contribution in [-0.4, -0.2) is 6.18 Å². The normalized spacial score (nSPS) is 14.8. The minimum absolute atomic E-state index is 0.678. The van der Waals surface area contributed by atoms with Gasteiger partial charge in [0.05, 0.1) is 11.8 Å². The van der Waals surface area contributed by atoms with Gasteiger partial charge in [0.25, 0.3) is 6.01 Å². The van der Waals surface area contributed by atoms with E-state index in [2.05, 4.69) is 4.42 Å². The summed E-state index contributed by atoms with van der Waals surface area (Å²) < 4.78 is 52.0. The van der Waals surface area contributed by atoms with Gasteiger partial charge in [-0.25, -0.2) is 0 Å². The highest BCUT2D eigenvalue weighted by atomic mass is 19.4. The van der Waals surface area contributed by atoms with Crippen LogP contribution in [0.15, 0.2) is 16.7 Å². The maximum Gasteiger partial charge on any atom is 0.407 e. The number of hydrogen-bond donors (Lipinski definition) is 1. The van der Waals surface area contributed by atoms with E-state index in [1.54, 1.807) is 0 Å². The summed E-state index contributed by atoms with van der Waals surface area (Å²) in [5.41, 5.74) is 4.01. The first-order valence-electron chi connectivity index (χ1n) is 2.98. The average Bonchev–Trinajstić information content (AvgIpc) is 2.31. The zero-order valence-electron chi connectivity index (χ0n) is 5.73. The van der Waals surface area contributed by atoms with E-state index in [0.29, 0.717) is 0 Å². The molecule has 1 aromatic heterocycles. The Morgan fingerprint density at radius 1 is 1.42 bits per heavy atom. The van der Waals surface area contributed by atoms with Gasteiger partial charge in [-0.15, -0.1) is 0 Å². The Labute approximate surface area is 65.0 Å². The summed E-state index contributed by atoms with van der Waals surface area (Å²) in [6.45, 7) is 0. The molecule has 0 saturated heterocycles. The van der Waals surface area contributed by atoms with E-state index >= 15 is 0 Å². The van der Waals surface area contributed by atoms with Crippen molar-refractivity contribution in [3.05, 3.63) is 23.9 Å². The van der Waals surface area contributed by atoms with Crippen molar-refractivity contribution in [3.8, 4) is 0 Å². The highest BCUT2D eigenvalue weighted by Gasteiger charge is 2.40. The van der Waals surface area contributed by atoms with Crippen molar-refractivity contribution in [2.24, 2.45) is 5.73 Å². The summed E-state index contributed by atoms with van der Waals surface area (Å²) in [7, 11) is 0. The van der Waals surface area contributed by atoms with E-state index in [1.165, 1.54) is 0 Å². The molecule has 0 bridgehead atoms. The molecule has 0 fully saturated rings. The first kappa shape index (κ1) is 9.05. The predicted octanol–water partition coefficient (Wildman–Crippen LogP) is 1.98. The molecule has 1 atom stereocenters. The SMILES string of the molecule is N[C@@H](c1ccoc1F)C(F)(F)F. The van der Waals surface area contributed by atoms with Gasteiger partial charge in [-0.05, 0) is 6.07 Å². The summed E-state index contributed by atoms with van der Waals surface area (Å²) in [6.07, 6.45) is -3.83. The Hall–Kier alpha value is -1.04. The molecule has 0 amide bonds. The summed E-state index contributed by atoms with van der Waals surface area (Å²) in [5, 5.41) is 0. The van der Waals surface area contributed by atoms with E-state index in [9.17, 15) is 17.6 Å². The Kier molecular flexibility index (Phi) is 2.10. The van der Waals surface area contributed by atoms with Crippen LogP contribution in [0.3, 0.4) is 0 Å². The molecule has 2 nitrogen and oxygen atoms in total. The van der Waals surface area contributed by atoms with E-state index in [0.717, 1.165) is 12.3 Å². The van der Waals surface area contributed by atoms with Crippen molar-refractivity contribution in [2.45, 2.75) is 12.2 Å². The largest absolute Gasteiger partial charge is 0.439 e. The Morgan fingerprint density at radius 3 is 2.33 bits per heavy atom. The molecule has 1 aromatic rings. The van der Waals surface area contributed by atoms with Crippen LogP contribution in [0.5, 0.6) is 0 Å². The van der Waals surface area contributed by atoms with Crippen LogP contribution in [0.2, 0.25) is 0 Å². The third-order valence-electron chi connectivity index (χ3n) is 1.33. The standard InChI is InChI=1S/C6H5F4NO/c7-5-3(1-2-12-5)4(11)6(8,9)10/h1-2,4H,11H2/t4-/m0/s1. The van der Waals surface area contributed by atoms with Crippen LogP contribution >= 0.6 is 0 Å². The molecule has 0 aliphatic carbocycles. The van der Waals surface area contributed by atoms with Gasteiger partial charge in [-0.3, -0.25) is 0 Å². The van der Waals surface area contributed by atoms with Gasteiger partial charge in [-0.1, -0.05) is 0 Å². The second-order valence-electron chi connectivity index (χ2n) is 2.17. The van der Waals surface area contributed by atoms with Crippen molar-refractivity contribution < 1.29 is 22.0 Å². The second kappa shape index (κ2) is 2.78. The molecule has 6 heteroatoms. The molecule has 12 heavy (non-hydrogen) atoms. The maximum atomic E-state index is 12.4. The minimum atomic E-state index is -4.65. The Balaban J connectivity index is 2.92. The summed E-state index contributed by atoms with van der Waals surface area (Å²) >= 11 is 0. The lowest BCUT2D eigenvalue weighted by Crippen LogP contribution is -2.28. The number of halogens is 4. The third kappa shape index (κ3) is 1.58. The quantitative estimate of drug-likeness (QED) is 0.676. The minimum Gasteiger partial charge on any atom is -0.439 e. The molecule has 1 heterocycles. The van der Waals surface area contributed by atoms with Crippen LogP contribution < -0.4 is 5.73 Å². The van der Waals surface area contributed by atoms with Crippen LogP contribution in [0.1, 0.15) is 11.6 Å². The average molecular weight is 183 g/mol. The maximum absolute atomic E-state index is 12.4. The van der Waals surface area contributed by atoms with E-state index in [-0.39, 0.29) is 0 Å². The number of hydrogen-bond acceptors (Lipinski definition) is 2. The van der Waals surface area contributed by atoms with Gasteiger partial charge in [0.15, 0.2) is 0 Å². The highest BCUT2D eigenvalue weighted by molar-refractivity contribution is 5.14. The molecule has 0 unspecified atom stereocenters. The molecule has 0 saturated carbocycles. The number of furan rings is 1. The molecular weight excluding hydrogens is 178 g/mol. The zero-order valence-corrected chi connectivity index (χ0v) is 5.73. The first-order chi connectivity index (χ1) is 5.43. The second-order valence-corrected chi connectivity index (χ2v) is 2.17. The predicted molar refractivity (Wildman–Crippen MR) is 31.6 cm³/mol. The monoisotopic (exact) mass is 183 g/mol. The summed E-state index contributed by atoms with van der Waals surface area (Å²) in [4.78, 5) is 0. The number of rotatable bonds is 1. The van der Waals surface area contributed by atoms with Crippen molar-refractivity contribution in [2.75, 3.05) is 0 Å². The molecule has 2 N–H and O–H groups in total. The fourth-order valence-electron chi connectivity index (χ4n) is 0.703. The molecule has 0 radical (unpaired) electrons. The molecule has 68 valence electrons. The van der Waals surface area contributed by atoms with Crippen molar-refractivity contribution in [1.82, 2.24) is 0 Å². The van der Waals surface area contributed by atoms with Crippen molar-refractivity contribution in [3.63, 3.8) is 0 Å². The van der Waals surface area contributed by atoms with Gasteiger partial charge >= 0.3 is 6.18 Å². The van der Waals surface area contributed by atoms with Crippen LogP contribution in [0.25, 0.3) is 0 Å². The molecule has 1 rings (SSSR count). The topological polar surface area (TPSA) is 39.2 Å². The van der Waals surface area contributed by atoms with E-state index in [1.807, 2.05) is 0 Å². The number of alkyl halides is 3. The van der Waals surface area contributed by atoms with Crippen LogP contribution in [0.4, 0.5) is 17.6 Å². The van der Waals surface area contributed by atoms with Gasteiger partial charge in [-0.2, -0.15) is 17.6 Å². The van der Waals surface area contributed by atoms with Gasteiger partial charge in [0.1, 0.15) is 6.04 Å². The smallest absolute Gasteiger partial charge is 0.407 e. The Bertz CT molecular complexity index is 267. The highest BCUT2D eigenvalue weighted by Crippen LogP contribution is 2.31. The molecule has 0 aromatic carbocycles. The van der Waals surface area contributed by atoms with Gasteiger partial charge in [0.2, 0.25) is 0 Å². The molecule has 0 aliphatic rings. The summed E-state index contributed by atoms with van der Waals surface area (Å²) in [5.74, 6) is 0. The van der Waals surface area contributed by atoms with Crippen LogP contribution in [0, 0.1) is 6.01 Å². The van der Waals surface area contributed by atoms with Crippen LogP contribution in [-0.2, 0) is 0 Å². The van der Waals surface area contributed by atoms with E-state index < -0.39 is 23.8 Å². The number of nitrogens with two attached hydrogens (primary N) is 1. The molecule has 0 spiro atoms. The third-order valence-corrected chi connectivity index (χ3v) is 1.33. The summed E-state index contributed by atoms with van der Waals surface area (Å²) in [6, 6.07) is -2.76. The fourth-order valence-corrected chi connectivity index (χ4v) is 0.703. The van der Waals surface area contributed by atoms with Gasteiger partial charge in [0, 0.05) is 0 Å². The van der Waals surface area contributed by atoms with Crippen molar-refractivity contribution >= 4 is 0 Å². The molecule has 0 aliphatic heterocycles. The zero-order chi connectivity index (χ0) is 9.35. The van der Waals surface area contributed by atoms with Gasteiger partial charge < -0.3 is 10.2 Å². The lowest BCUT2D eigenvalue weighted by atomic mass is 10.1. The lowest BCUT2D eigenvalue weighted by Gasteiger charge is -2.12. The van der Waals surface area contributed by atoms with Crippen molar-refractivity contribution in [1.29, 1.82) is 0 Å². The fraction of sp³-hybridized carbons (Fsp3) is 0.333.